The topological polar surface area (TPSA) is 95.9 Å². The Balaban J connectivity index is 3.32. The first kappa shape index (κ1) is 87.1. The Morgan fingerprint density at radius 2 is 0.562 bits per heavy atom. The van der Waals surface area contributed by atoms with E-state index in [0.29, 0.717) is 19.4 Å². The Kier molecular flexibility index (Phi) is 76.8. The zero-order chi connectivity index (χ0) is 64.2. The summed E-state index contributed by atoms with van der Waals surface area (Å²) in [6.45, 7) is 4.93. The van der Waals surface area contributed by atoms with Crippen LogP contribution in [0, 0.1) is 0 Å². The second-order valence-electron chi connectivity index (χ2n) is 28.1. The van der Waals surface area contributed by atoms with Crippen molar-refractivity contribution in [1.82, 2.24) is 5.32 Å². The molecule has 0 aliphatic heterocycles. The molecule has 0 heterocycles. The maximum atomic E-state index is 12.5. The molecule has 0 aliphatic rings. The third-order valence-corrected chi connectivity index (χ3v) is 19.2. The van der Waals surface area contributed by atoms with E-state index in [1.807, 2.05) is 6.08 Å². The molecule has 0 rings (SSSR count). The van der Waals surface area contributed by atoms with E-state index in [9.17, 15) is 19.8 Å². The van der Waals surface area contributed by atoms with Crippen LogP contribution in [0.5, 0.6) is 0 Å². The van der Waals surface area contributed by atoms with Gasteiger partial charge in [0, 0.05) is 12.8 Å². The number of rotatable bonds is 77. The standard InChI is InChI=1S/C83H159NO5/c1-3-5-7-9-11-13-15-17-19-21-40-43-47-51-55-59-63-67-71-75-81(86)80(79-85)84-82(87)76-72-68-64-60-56-52-48-44-41-38-36-34-32-30-28-26-24-23-25-27-29-31-33-35-37-39-42-46-50-54-58-62-66-70-74-78-89-83(88)77-73-69-65-61-57-53-49-45-22-20-18-16-14-12-10-8-6-4-2/h14,16,20,22,71,75,80-81,85-86H,3-13,15,17-19,21,23-70,72-74,76-79H2,1-2H3,(H,84,87)/b16-14-,22-20-,75-71+. The van der Waals surface area contributed by atoms with Gasteiger partial charge in [0.25, 0.3) is 0 Å². The molecule has 2 atom stereocenters. The molecule has 0 saturated heterocycles. The Morgan fingerprint density at radius 1 is 0.315 bits per heavy atom. The van der Waals surface area contributed by atoms with Gasteiger partial charge in [-0.1, -0.05) is 416 Å². The highest BCUT2D eigenvalue weighted by atomic mass is 16.5. The summed E-state index contributed by atoms with van der Waals surface area (Å²) in [5, 5.41) is 23.3. The first-order chi connectivity index (χ1) is 44.0. The van der Waals surface area contributed by atoms with E-state index in [0.717, 1.165) is 51.4 Å². The van der Waals surface area contributed by atoms with E-state index >= 15 is 0 Å². The molecule has 0 fully saturated rings. The van der Waals surface area contributed by atoms with Crippen LogP contribution in [0.4, 0.5) is 0 Å². The molecule has 1 amide bonds. The highest BCUT2D eigenvalue weighted by Crippen LogP contribution is 2.20. The summed E-state index contributed by atoms with van der Waals surface area (Å²) >= 11 is 0. The molecule has 0 aromatic carbocycles. The molecular formula is C83H159NO5. The average molecular weight is 1250 g/mol. The van der Waals surface area contributed by atoms with E-state index in [1.54, 1.807) is 6.08 Å². The number of ether oxygens (including phenoxy) is 1. The van der Waals surface area contributed by atoms with Gasteiger partial charge in [0.05, 0.1) is 25.4 Å². The summed E-state index contributed by atoms with van der Waals surface area (Å²) in [5.41, 5.74) is 0. The van der Waals surface area contributed by atoms with Crippen molar-refractivity contribution in [1.29, 1.82) is 0 Å². The molecule has 0 aromatic rings. The van der Waals surface area contributed by atoms with Crippen molar-refractivity contribution in [2.24, 2.45) is 0 Å². The van der Waals surface area contributed by atoms with Gasteiger partial charge >= 0.3 is 5.97 Å². The number of unbranched alkanes of at least 4 members (excludes halogenated alkanes) is 62. The Bertz CT molecular complexity index is 1440. The van der Waals surface area contributed by atoms with Gasteiger partial charge in [0.15, 0.2) is 0 Å². The molecule has 0 aromatic heterocycles. The van der Waals surface area contributed by atoms with E-state index < -0.39 is 12.1 Å². The van der Waals surface area contributed by atoms with Gasteiger partial charge in [-0.2, -0.15) is 0 Å². The van der Waals surface area contributed by atoms with Crippen LogP contribution >= 0.6 is 0 Å². The van der Waals surface area contributed by atoms with Crippen LogP contribution in [-0.2, 0) is 14.3 Å². The fourth-order valence-corrected chi connectivity index (χ4v) is 13.0. The first-order valence-electron chi connectivity index (χ1n) is 40.8. The highest BCUT2D eigenvalue weighted by molar-refractivity contribution is 5.76. The Hall–Kier alpha value is -1.92. The number of allylic oxidation sites excluding steroid dienone is 5. The Labute approximate surface area is 557 Å². The van der Waals surface area contributed by atoms with Crippen molar-refractivity contribution >= 4 is 11.9 Å². The Morgan fingerprint density at radius 3 is 0.865 bits per heavy atom. The molecule has 89 heavy (non-hydrogen) atoms. The number of hydrogen-bond donors (Lipinski definition) is 3. The van der Waals surface area contributed by atoms with Crippen molar-refractivity contribution < 1.29 is 24.5 Å². The monoisotopic (exact) mass is 1250 g/mol. The lowest BCUT2D eigenvalue weighted by molar-refractivity contribution is -0.143. The van der Waals surface area contributed by atoms with Gasteiger partial charge < -0.3 is 20.3 Å². The van der Waals surface area contributed by atoms with Crippen molar-refractivity contribution in [3.05, 3.63) is 36.5 Å². The minimum atomic E-state index is -0.842. The van der Waals surface area contributed by atoms with Gasteiger partial charge in [0.2, 0.25) is 5.91 Å². The molecule has 2 unspecified atom stereocenters. The maximum absolute atomic E-state index is 12.5. The van der Waals surface area contributed by atoms with E-state index in [4.69, 9.17) is 4.74 Å². The van der Waals surface area contributed by atoms with E-state index in [2.05, 4.69) is 43.5 Å². The van der Waals surface area contributed by atoms with Crippen LogP contribution in [0.2, 0.25) is 0 Å². The largest absolute Gasteiger partial charge is 0.466 e. The maximum Gasteiger partial charge on any atom is 0.305 e. The number of carbonyl (C=O) groups excluding carboxylic acids is 2. The third kappa shape index (κ3) is 75.0. The van der Waals surface area contributed by atoms with Gasteiger partial charge in [-0.05, 0) is 64.2 Å². The lowest BCUT2D eigenvalue weighted by Crippen LogP contribution is -2.45. The smallest absolute Gasteiger partial charge is 0.305 e. The number of aliphatic hydroxyl groups is 2. The fraction of sp³-hybridized carbons (Fsp3) is 0.904. The molecular weight excluding hydrogens is 1090 g/mol. The molecule has 0 bridgehead atoms. The van der Waals surface area contributed by atoms with Crippen molar-refractivity contribution in [2.45, 2.75) is 469 Å². The number of hydrogen-bond acceptors (Lipinski definition) is 5. The quantitative estimate of drug-likeness (QED) is 0.0320. The average Bonchev–Trinajstić information content (AvgIpc) is 3.58. The molecule has 0 radical (unpaired) electrons. The molecule has 3 N–H and O–H groups in total. The van der Waals surface area contributed by atoms with Crippen LogP contribution in [-0.4, -0.2) is 47.4 Å². The minimum Gasteiger partial charge on any atom is -0.466 e. The second kappa shape index (κ2) is 78.5. The summed E-state index contributed by atoms with van der Waals surface area (Å²) in [6.07, 6.45) is 103. The van der Waals surface area contributed by atoms with Crippen molar-refractivity contribution in [2.75, 3.05) is 13.2 Å². The van der Waals surface area contributed by atoms with E-state index in [1.165, 1.54) is 379 Å². The summed E-state index contributed by atoms with van der Waals surface area (Å²) in [7, 11) is 0. The molecule has 0 saturated carbocycles. The van der Waals surface area contributed by atoms with Crippen LogP contribution in [0.15, 0.2) is 36.5 Å². The predicted molar refractivity (Wildman–Crippen MR) is 393 cm³/mol. The number of carbonyl (C=O) groups is 2. The number of nitrogens with one attached hydrogen (secondary N) is 1. The SMILES string of the molecule is CCCCCC/C=C\C/C=C\CCCCCCCCCC(=O)OCCCCCCCCCCCCCCCCCCCCCCCCCCCCCCCCCCCCCC(=O)NC(CO)C(O)/C=C/CCCCCCCCCCCCCCCCCCC. The van der Waals surface area contributed by atoms with Gasteiger partial charge in [-0.15, -0.1) is 0 Å². The van der Waals surface area contributed by atoms with Crippen LogP contribution in [0.1, 0.15) is 457 Å². The van der Waals surface area contributed by atoms with Gasteiger partial charge in [-0.25, -0.2) is 0 Å². The van der Waals surface area contributed by atoms with Crippen molar-refractivity contribution in [3.63, 3.8) is 0 Å². The van der Waals surface area contributed by atoms with Gasteiger partial charge in [0.1, 0.15) is 0 Å². The normalized spacial score (nSPS) is 12.6. The lowest BCUT2D eigenvalue weighted by atomic mass is 10.0. The number of aliphatic hydroxyl groups excluding tert-OH is 2. The highest BCUT2D eigenvalue weighted by Gasteiger charge is 2.18. The number of amides is 1. The summed E-state index contributed by atoms with van der Waals surface area (Å²) in [6, 6.07) is -0.625. The summed E-state index contributed by atoms with van der Waals surface area (Å²) in [4.78, 5) is 24.7. The molecule has 6 heteroatoms. The van der Waals surface area contributed by atoms with Crippen LogP contribution in [0.3, 0.4) is 0 Å². The molecule has 0 aliphatic carbocycles. The van der Waals surface area contributed by atoms with Crippen LogP contribution in [0.25, 0.3) is 0 Å². The number of esters is 1. The van der Waals surface area contributed by atoms with Crippen LogP contribution < -0.4 is 5.32 Å². The zero-order valence-electron chi connectivity index (χ0n) is 60.4. The summed E-state index contributed by atoms with van der Waals surface area (Å²) < 4.78 is 5.51. The minimum absolute atomic E-state index is 0.0158. The zero-order valence-corrected chi connectivity index (χ0v) is 60.4. The molecule has 0 spiro atoms. The van der Waals surface area contributed by atoms with E-state index in [-0.39, 0.29) is 18.5 Å². The summed E-state index contributed by atoms with van der Waals surface area (Å²) in [5.74, 6) is -0.0427. The first-order valence-corrected chi connectivity index (χ1v) is 40.8. The molecule has 526 valence electrons. The third-order valence-electron chi connectivity index (χ3n) is 19.2. The molecule has 6 nitrogen and oxygen atoms in total. The predicted octanol–water partition coefficient (Wildman–Crippen LogP) is 27.0. The van der Waals surface area contributed by atoms with Crippen molar-refractivity contribution in [3.8, 4) is 0 Å². The second-order valence-corrected chi connectivity index (χ2v) is 28.1. The lowest BCUT2D eigenvalue weighted by Gasteiger charge is -2.20. The van der Waals surface area contributed by atoms with Gasteiger partial charge in [-0.3, -0.25) is 9.59 Å². The fourth-order valence-electron chi connectivity index (χ4n) is 13.0.